The van der Waals surface area contributed by atoms with Gasteiger partial charge in [0.1, 0.15) is 18.1 Å². The Balaban J connectivity index is 1.67. The van der Waals surface area contributed by atoms with Crippen LogP contribution in [0.1, 0.15) is 11.4 Å². The summed E-state index contributed by atoms with van der Waals surface area (Å²) in [5.41, 5.74) is 0.874. The zero-order valence-electron chi connectivity index (χ0n) is 15.2. The lowest BCUT2D eigenvalue weighted by Gasteiger charge is -2.09. The molecule has 140 valence electrons. The number of ether oxygens (including phenoxy) is 2. The highest BCUT2D eigenvalue weighted by molar-refractivity contribution is 7.71. The van der Waals surface area contributed by atoms with Gasteiger partial charge in [-0.25, -0.2) is 5.10 Å². The van der Waals surface area contributed by atoms with Crippen molar-refractivity contribution in [2.75, 3.05) is 7.11 Å². The molecule has 0 amide bonds. The normalized spacial score (nSPS) is 11.2. The summed E-state index contributed by atoms with van der Waals surface area (Å²) in [6.07, 6.45) is 1.73. The zero-order valence-corrected chi connectivity index (χ0v) is 16.0. The molecule has 1 aromatic heterocycles. The quantitative estimate of drug-likeness (QED) is 0.387. The van der Waals surface area contributed by atoms with Crippen LogP contribution in [0.3, 0.4) is 0 Å². The second-order valence-electron chi connectivity index (χ2n) is 6.01. The fourth-order valence-electron chi connectivity index (χ4n) is 2.90. The van der Waals surface area contributed by atoms with Gasteiger partial charge in [-0.3, -0.25) is 0 Å². The molecule has 0 fully saturated rings. The third kappa shape index (κ3) is 3.65. The Labute approximate surface area is 167 Å². The first-order chi connectivity index (χ1) is 13.8. The first kappa shape index (κ1) is 17.9. The molecule has 4 rings (SSSR count). The van der Waals surface area contributed by atoms with Crippen LogP contribution in [0.4, 0.5) is 0 Å². The number of H-pyrrole nitrogens is 1. The van der Waals surface area contributed by atoms with E-state index in [0.717, 1.165) is 27.8 Å². The Hall–Kier alpha value is -3.45. The Bertz CT molecular complexity index is 1180. The first-order valence-corrected chi connectivity index (χ1v) is 9.11. The van der Waals surface area contributed by atoms with Gasteiger partial charge >= 0.3 is 0 Å². The van der Waals surface area contributed by atoms with Crippen LogP contribution < -0.4 is 9.47 Å². The molecule has 0 radical (unpaired) electrons. The van der Waals surface area contributed by atoms with Crippen molar-refractivity contribution in [2.45, 2.75) is 6.61 Å². The van der Waals surface area contributed by atoms with Crippen LogP contribution in [0, 0.1) is 4.77 Å². The molecule has 28 heavy (non-hydrogen) atoms. The van der Waals surface area contributed by atoms with E-state index < -0.39 is 0 Å². The average Bonchev–Trinajstić information content (AvgIpc) is 3.10. The van der Waals surface area contributed by atoms with Crippen LogP contribution in [0.5, 0.6) is 11.5 Å². The number of benzene rings is 3. The minimum absolute atomic E-state index is 0.237. The van der Waals surface area contributed by atoms with E-state index in [1.807, 2.05) is 60.7 Å². The number of nitrogens with zero attached hydrogens (tertiary/aromatic N) is 3. The van der Waals surface area contributed by atoms with Gasteiger partial charge in [0, 0.05) is 5.56 Å². The van der Waals surface area contributed by atoms with Crippen molar-refractivity contribution in [1.29, 1.82) is 0 Å². The lowest BCUT2D eigenvalue weighted by Crippen LogP contribution is -2.04. The number of para-hydroxylation sites is 1. The molecule has 0 aliphatic heterocycles. The summed E-state index contributed by atoms with van der Waals surface area (Å²) in [5, 5.41) is 13.7. The largest absolute Gasteiger partial charge is 0.496 e. The molecule has 0 spiro atoms. The second-order valence-corrected chi connectivity index (χ2v) is 6.39. The summed E-state index contributed by atoms with van der Waals surface area (Å²) in [6.45, 7) is 0.237. The van der Waals surface area contributed by atoms with Crippen molar-refractivity contribution in [3.63, 3.8) is 0 Å². The molecule has 4 aromatic rings. The van der Waals surface area contributed by atoms with E-state index in [1.165, 1.54) is 0 Å². The maximum atomic E-state index is 5.77. The van der Waals surface area contributed by atoms with Crippen molar-refractivity contribution in [2.24, 2.45) is 5.10 Å². The van der Waals surface area contributed by atoms with E-state index in [-0.39, 0.29) is 6.61 Å². The molecule has 0 unspecified atom stereocenters. The lowest BCUT2D eigenvalue weighted by atomic mass is 10.0. The van der Waals surface area contributed by atoms with E-state index in [4.69, 9.17) is 21.7 Å². The van der Waals surface area contributed by atoms with E-state index >= 15 is 0 Å². The van der Waals surface area contributed by atoms with Crippen molar-refractivity contribution < 1.29 is 9.47 Å². The molecule has 3 aromatic carbocycles. The molecule has 1 heterocycles. The van der Waals surface area contributed by atoms with Crippen LogP contribution in [-0.2, 0) is 6.61 Å². The smallest absolute Gasteiger partial charge is 0.216 e. The Morgan fingerprint density at radius 3 is 2.68 bits per heavy atom. The summed E-state index contributed by atoms with van der Waals surface area (Å²) >= 11 is 5.32. The maximum absolute atomic E-state index is 5.77. The van der Waals surface area contributed by atoms with E-state index in [9.17, 15) is 0 Å². The van der Waals surface area contributed by atoms with E-state index in [2.05, 4.69) is 21.4 Å². The van der Waals surface area contributed by atoms with Crippen molar-refractivity contribution in [1.82, 2.24) is 14.9 Å². The van der Waals surface area contributed by atoms with Crippen molar-refractivity contribution in [3.05, 3.63) is 82.9 Å². The van der Waals surface area contributed by atoms with Crippen molar-refractivity contribution >= 4 is 29.2 Å². The van der Waals surface area contributed by atoms with Crippen molar-refractivity contribution in [3.8, 4) is 11.5 Å². The molecule has 0 aliphatic carbocycles. The standard InChI is InChI=1S/C21H18N4O2S/c1-26-19-12-11-15-7-5-6-10-17(15)18(19)13-22-25-20(23-24-21(25)28)14-27-16-8-3-2-4-9-16/h2-13H,14H2,1H3,(H,24,28)/b22-13-. The van der Waals surface area contributed by atoms with Crippen LogP contribution >= 0.6 is 12.2 Å². The monoisotopic (exact) mass is 390 g/mol. The molecule has 0 aliphatic rings. The molecule has 1 N–H and O–H groups in total. The second kappa shape index (κ2) is 8.06. The predicted molar refractivity (Wildman–Crippen MR) is 112 cm³/mol. The highest BCUT2D eigenvalue weighted by Crippen LogP contribution is 2.26. The molecular weight excluding hydrogens is 372 g/mol. The molecule has 0 saturated heterocycles. The fraction of sp³-hybridized carbons (Fsp3) is 0.0952. The molecular formula is C21H18N4O2S. The maximum Gasteiger partial charge on any atom is 0.216 e. The molecule has 0 saturated carbocycles. The number of hydrogen-bond acceptors (Lipinski definition) is 5. The number of aromatic amines is 1. The number of nitrogens with one attached hydrogen (secondary N) is 1. The number of fused-ring (bicyclic) bond motifs is 1. The topological polar surface area (TPSA) is 64.4 Å². The van der Waals surface area contributed by atoms with Crippen LogP contribution in [-0.4, -0.2) is 28.2 Å². The Morgan fingerprint density at radius 2 is 1.86 bits per heavy atom. The van der Waals surface area contributed by atoms with Gasteiger partial charge in [-0.15, -0.1) is 0 Å². The Kier molecular flexibility index (Phi) is 5.16. The van der Waals surface area contributed by atoms with Gasteiger partial charge in [-0.1, -0.05) is 48.5 Å². The van der Waals surface area contributed by atoms with E-state index in [0.29, 0.717) is 10.6 Å². The summed E-state index contributed by atoms with van der Waals surface area (Å²) in [6, 6.07) is 21.6. The third-order valence-corrected chi connectivity index (χ3v) is 4.55. The van der Waals surface area contributed by atoms with Gasteiger partial charge in [0.05, 0.1) is 13.3 Å². The summed E-state index contributed by atoms with van der Waals surface area (Å²) in [5.74, 6) is 2.06. The number of rotatable bonds is 6. The summed E-state index contributed by atoms with van der Waals surface area (Å²) in [7, 11) is 1.64. The van der Waals surface area contributed by atoms with Gasteiger partial charge in [0.15, 0.2) is 5.82 Å². The van der Waals surface area contributed by atoms with Crippen LogP contribution in [0.25, 0.3) is 10.8 Å². The van der Waals surface area contributed by atoms with Crippen LogP contribution in [0.2, 0.25) is 0 Å². The van der Waals surface area contributed by atoms with Gasteiger partial charge in [-0.2, -0.15) is 14.9 Å². The lowest BCUT2D eigenvalue weighted by molar-refractivity contribution is 0.290. The number of aromatic nitrogens is 3. The number of methoxy groups -OCH3 is 1. The molecule has 0 bridgehead atoms. The highest BCUT2D eigenvalue weighted by atomic mass is 32.1. The Morgan fingerprint density at radius 1 is 1.07 bits per heavy atom. The SMILES string of the molecule is COc1ccc2ccccc2c1/C=N\n1c(COc2ccccc2)n[nH]c1=S. The van der Waals surface area contributed by atoms with Gasteiger partial charge in [0.2, 0.25) is 4.77 Å². The minimum Gasteiger partial charge on any atom is -0.496 e. The number of hydrogen-bond donors (Lipinski definition) is 1. The average molecular weight is 390 g/mol. The van der Waals surface area contributed by atoms with Gasteiger partial charge in [-0.05, 0) is 41.2 Å². The highest BCUT2D eigenvalue weighted by Gasteiger charge is 2.09. The van der Waals surface area contributed by atoms with Gasteiger partial charge < -0.3 is 9.47 Å². The van der Waals surface area contributed by atoms with Gasteiger partial charge in [0.25, 0.3) is 0 Å². The molecule has 7 heteroatoms. The third-order valence-electron chi connectivity index (χ3n) is 4.28. The predicted octanol–water partition coefficient (Wildman–Crippen LogP) is 4.56. The molecule has 6 nitrogen and oxygen atoms in total. The zero-order chi connectivity index (χ0) is 19.3. The van der Waals surface area contributed by atoms with Crippen LogP contribution in [0.15, 0.2) is 71.8 Å². The van der Waals surface area contributed by atoms with E-state index in [1.54, 1.807) is 18.0 Å². The summed E-state index contributed by atoms with van der Waals surface area (Å²) in [4.78, 5) is 0. The minimum atomic E-state index is 0.237. The molecule has 0 atom stereocenters. The first-order valence-electron chi connectivity index (χ1n) is 8.70. The summed E-state index contributed by atoms with van der Waals surface area (Å²) < 4.78 is 13.2. The fourth-order valence-corrected chi connectivity index (χ4v) is 3.10.